The smallest absolute Gasteiger partial charge is 0.212 e. The predicted molar refractivity (Wildman–Crippen MR) is 64.6 cm³/mol. The first kappa shape index (κ1) is 13.9. The van der Waals surface area contributed by atoms with Gasteiger partial charge in [-0.2, -0.15) is 0 Å². The molecule has 2 N–H and O–H groups in total. The van der Waals surface area contributed by atoms with Gasteiger partial charge in [-0.25, -0.2) is 13.1 Å². The Morgan fingerprint density at radius 3 is 2.38 bits per heavy atom. The molecule has 1 rings (SSSR count). The van der Waals surface area contributed by atoms with E-state index in [4.69, 9.17) is 5.11 Å². The Morgan fingerprint density at radius 1 is 1.38 bits per heavy atom. The maximum atomic E-state index is 11.8. The SMILES string of the molecule is CC(C)C(CCO)NS(=O)(=O)CC1CCC1. The fourth-order valence-corrected chi connectivity index (χ4v) is 3.82. The molecule has 16 heavy (non-hydrogen) atoms. The Bertz CT molecular complexity index is 296. The highest BCUT2D eigenvalue weighted by molar-refractivity contribution is 7.89. The van der Waals surface area contributed by atoms with Gasteiger partial charge in [-0.15, -0.1) is 0 Å². The van der Waals surface area contributed by atoms with Gasteiger partial charge in [0, 0.05) is 12.6 Å². The van der Waals surface area contributed by atoms with Crippen LogP contribution >= 0.6 is 0 Å². The van der Waals surface area contributed by atoms with Crippen LogP contribution in [0.1, 0.15) is 39.5 Å². The molecule has 1 aliphatic carbocycles. The van der Waals surface area contributed by atoms with Crippen molar-refractivity contribution >= 4 is 10.0 Å². The van der Waals surface area contributed by atoms with Gasteiger partial charge in [-0.1, -0.05) is 20.3 Å². The highest BCUT2D eigenvalue weighted by atomic mass is 32.2. The van der Waals surface area contributed by atoms with Gasteiger partial charge in [0.25, 0.3) is 0 Å². The number of rotatable bonds is 7. The van der Waals surface area contributed by atoms with Crippen LogP contribution in [-0.4, -0.2) is 31.9 Å². The van der Waals surface area contributed by atoms with Crippen LogP contribution < -0.4 is 4.72 Å². The zero-order valence-electron chi connectivity index (χ0n) is 10.1. The second-order valence-electron chi connectivity index (χ2n) is 5.06. The number of aliphatic hydroxyl groups is 1. The number of hydrogen-bond donors (Lipinski definition) is 2. The monoisotopic (exact) mass is 249 g/mol. The lowest BCUT2D eigenvalue weighted by molar-refractivity contribution is 0.255. The van der Waals surface area contributed by atoms with Crippen LogP contribution in [0.4, 0.5) is 0 Å². The predicted octanol–water partition coefficient (Wildman–Crippen LogP) is 1.11. The summed E-state index contributed by atoms with van der Waals surface area (Å²) in [5.74, 6) is 0.810. The third kappa shape index (κ3) is 4.39. The first-order chi connectivity index (χ1) is 7.44. The molecule has 0 amide bonds. The quantitative estimate of drug-likeness (QED) is 0.710. The second kappa shape index (κ2) is 5.98. The Labute approximate surface area is 98.5 Å². The molecule has 0 heterocycles. The molecule has 1 fully saturated rings. The summed E-state index contributed by atoms with van der Waals surface area (Å²) < 4.78 is 26.4. The van der Waals surface area contributed by atoms with E-state index in [2.05, 4.69) is 4.72 Å². The highest BCUT2D eigenvalue weighted by Crippen LogP contribution is 2.27. The van der Waals surface area contributed by atoms with Gasteiger partial charge in [0.15, 0.2) is 0 Å². The molecule has 0 aromatic rings. The third-order valence-electron chi connectivity index (χ3n) is 3.26. The zero-order chi connectivity index (χ0) is 12.2. The summed E-state index contributed by atoms with van der Waals surface area (Å²) in [7, 11) is -3.17. The minimum absolute atomic E-state index is 0.0226. The minimum Gasteiger partial charge on any atom is -0.396 e. The second-order valence-corrected chi connectivity index (χ2v) is 6.86. The molecule has 0 saturated heterocycles. The molecular formula is C11H23NO3S. The Hall–Kier alpha value is -0.130. The lowest BCUT2D eigenvalue weighted by Gasteiger charge is -2.27. The van der Waals surface area contributed by atoms with E-state index in [9.17, 15) is 8.42 Å². The Morgan fingerprint density at radius 2 is 2.00 bits per heavy atom. The molecule has 0 spiro atoms. The van der Waals surface area contributed by atoms with Gasteiger partial charge in [-0.3, -0.25) is 0 Å². The number of sulfonamides is 1. The maximum Gasteiger partial charge on any atom is 0.212 e. The molecule has 0 radical (unpaired) electrons. The van der Waals surface area contributed by atoms with Crippen LogP contribution in [0, 0.1) is 11.8 Å². The number of aliphatic hydroxyl groups excluding tert-OH is 1. The van der Waals surface area contributed by atoms with Crippen LogP contribution in [-0.2, 0) is 10.0 Å². The van der Waals surface area contributed by atoms with E-state index in [0.29, 0.717) is 12.3 Å². The van der Waals surface area contributed by atoms with Crippen molar-refractivity contribution in [2.45, 2.75) is 45.6 Å². The van der Waals surface area contributed by atoms with Crippen molar-refractivity contribution in [1.29, 1.82) is 0 Å². The van der Waals surface area contributed by atoms with Gasteiger partial charge in [0.05, 0.1) is 5.75 Å². The van der Waals surface area contributed by atoms with E-state index in [1.165, 1.54) is 0 Å². The molecule has 0 aliphatic heterocycles. The first-order valence-electron chi connectivity index (χ1n) is 6.05. The van der Waals surface area contributed by atoms with Gasteiger partial charge < -0.3 is 5.11 Å². The average Bonchev–Trinajstić information content (AvgIpc) is 2.11. The average molecular weight is 249 g/mol. The standard InChI is InChI=1S/C11H23NO3S/c1-9(2)11(6-7-13)12-16(14,15)8-10-4-3-5-10/h9-13H,3-8H2,1-2H3. The van der Waals surface area contributed by atoms with Crippen LogP contribution in [0.25, 0.3) is 0 Å². The van der Waals surface area contributed by atoms with Gasteiger partial charge in [0.2, 0.25) is 10.0 Å². The molecular weight excluding hydrogens is 226 g/mol. The molecule has 0 aromatic heterocycles. The van der Waals surface area contributed by atoms with Gasteiger partial charge in [-0.05, 0) is 31.1 Å². The first-order valence-corrected chi connectivity index (χ1v) is 7.70. The molecule has 1 aliphatic rings. The summed E-state index contributed by atoms with van der Waals surface area (Å²) in [6, 6.07) is -0.143. The van der Waals surface area contributed by atoms with Crippen LogP contribution in [0.5, 0.6) is 0 Å². The maximum absolute atomic E-state index is 11.8. The van der Waals surface area contributed by atoms with Crippen molar-refractivity contribution in [2.24, 2.45) is 11.8 Å². The van der Waals surface area contributed by atoms with Crippen LogP contribution in [0.2, 0.25) is 0 Å². The van der Waals surface area contributed by atoms with Crippen molar-refractivity contribution in [3.63, 3.8) is 0 Å². The Balaban J connectivity index is 2.47. The molecule has 4 nitrogen and oxygen atoms in total. The third-order valence-corrected chi connectivity index (χ3v) is 4.83. The van der Waals surface area contributed by atoms with E-state index in [1.807, 2.05) is 13.8 Å². The van der Waals surface area contributed by atoms with Gasteiger partial charge in [0.1, 0.15) is 0 Å². The van der Waals surface area contributed by atoms with E-state index in [0.717, 1.165) is 19.3 Å². The van der Waals surface area contributed by atoms with E-state index in [-0.39, 0.29) is 24.3 Å². The largest absolute Gasteiger partial charge is 0.396 e. The summed E-state index contributed by atoms with van der Waals surface area (Å²) >= 11 is 0. The topological polar surface area (TPSA) is 66.4 Å². The van der Waals surface area contributed by atoms with E-state index in [1.54, 1.807) is 0 Å². The van der Waals surface area contributed by atoms with Crippen molar-refractivity contribution in [3.05, 3.63) is 0 Å². The van der Waals surface area contributed by atoms with Gasteiger partial charge >= 0.3 is 0 Å². The minimum atomic E-state index is -3.17. The van der Waals surface area contributed by atoms with Crippen molar-refractivity contribution in [1.82, 2.24) is 4.72 Å². The van der Waals surface area contributed by atoms with Crippen LogP contribution in [0.15, 0.2) is 0 Å². The lowest BCUT2D eigenvalue weighted by Crippen LogP contribution is -2.42. The zero-order valence-corrected chi connectivity index (χ0v) is 11.0. The normalized spacial score (nSPS) is 19.8. The summed E-state index contributed by atoms with van der Waals surface area (Å²) in [6.45, 7) is 3.95. The fraction of sp³-hybridized carbons (Fsp3) is 1.00. The molecule has 1 unspecified atom stereocenters. The molecule has 96 valence electrons. The lowest BCUT2D eigenvalue weighted by atomic mass is 9.87. The summed E-state index contributed by atoms with van der Waals surface area (Å²) in [5, 5.41) is 8.89. The summed E-state index contributed by atoms with van der Waals surface area (Å²) in [6.07, 6.45) is 3.71. The van der Waals surface area contributed by atoms with Crippen molar-refractivity contribution < 1.29 is 13.5 Å². The molecule has 0 aromatic carbocycles. The van der Waals surface area contributed by atoms with E-state index >= 15 is 0 Å². The molecule has 0 bridgehead atoms. The van der Waals surface area contributed by atoms with E-state index < -0.39 is 10.0 Å². The summed E-state index contributed by atoms with van der Waals surface area (Å²) in [4.78, 5) is 0. The highest BCUT2D eigenvalue weighted by Gasteiger charge is 2.27. The van der Waals surface area contributed by atoms with Crippen molar-refractivity contribution in [2.75, 3.05) is 12.4 Å². The number of hydrogen-bond acceptors (Lipinski definition) is 3. The van der Waals surface area contributed by atoms with Crippen molar-refractivity contribution in [3.8, 4) is 0 Å². The fourth-order valence-electron chi connectivity index (χ4n) is 1.92. The molecule has 5 heteroatoms. The summed E-state index contributed by atoms with van der Waals surface area (Å²) in [5.41, 5.74) is 0. The number of nitrogens with one attached hydrogen (secondary N) is 1. The molecule has 1 saturated carbocycles. The van der Waals surface area contributed by atoms with Crippen LogP contribution in [0.3, 0.4) is 0 Å². The molecule has 1 atom stereocenters. The Kier molecular flexibility index (Phi) is 5.21.